The van der Waals surface area contributed by atoms with Crippen LogP contribution in [0.25, 0.3) is 21.7 Å². The van der Waals surface area contributed by atoms with Crippen molar-refractivity contribution in [2.45, 2.75) is 58.5 Å². The van der Waals surface area contributed by atoms with Gasteiger partial charge in [-0.3, -0.25) is 0 Å². The third-order valence-corrected chi connectivity index (χ3v) is 7.90. The summed E-state index contributed by atoms with van der Waals surface area (Å²) in [5.41, 5.74) is 5.49. The Morgan fingerprint density at radius 2 is 1.58 bits per heavy atom. The van der Waals surface area contributed by atoms with Crippen molar-refractivity contribution in [2.24, 2.45) is 5.92 Å². The lowest BCUT2D eigenvalue weighted by Crippen LogP contribution is -2.31. The molecule has 0 saturated heterocycles. The van der Waals surface area contributed by atoms with Crippen LogP contribution in [0.1, 0.15) is 49.8 Å². The molecule has 1 aromatic heterocycles. The molecule has 2 aliphatic carbocycles. The van der Waals surface area contributed by atoms with Gasteiger partial charge < -0.3 is 15.5 Å². The average Bonchev–Trinajstić information content (AvgIpc) is 3.30. The van der Waals surface area contributed by atoms with Crippen LogP contribution in [0.4, 0.5) is 11.8 Å². The van der Waals surface area contributed by atoms with Gasteiger partial charge in [-0.15, -0.1) is 0 Å². The Morgan fingerprint density at radius 3 is 2.39 bits per heavy atom. The topological polar surface area (TPSA) is 53.1 Å². The van der Waals surface area contributed by atoms with E-state index in [1.165, 1.54) is 66.0 Å². The molecule has 1 fully saturated rings. The summed E-state index contributed by atoms with van der Waals surface area (Å²) < 4.78 is 0. The molecule has 6 rings (SSSR count). The van der Waals surface area contributed by atoms with Crippen molar-refractivity contribution in [3.63, 3.8) is 0 Å². The van der Waals surface area contributed by atoms with E-state index in [0.29, 0.717) is 6.04 Å². The highest BCUT2D eigenvalue weighted by molar-refractivity contribution is 5.93. The highest BCUT2D eigenvalue weighted by Gasteiger charge is 2.22. The van der Waals surface area contributed by atoms with Gasteiger partial charge in [0.1, 0.15) is 5.82 Å². The molecular weight excluding hydrogens is 442 g/mol. The van der Waals surface area contributed by atoms with Crippen molar-refractivity contribution in [1.82, 2.24) is 15.3 Å². The van der Waals surface area contributed by atoms with Gasteiger partial charge in [0.15, 0.2) is 0 Å². The second kappa shape index (κ2) is 10.4. The summed E-state index contributed by atoms with van der Waals surface area (Å²) >= 11 is 0. The summed E-state index contributed by atoms with van der Waals surface area (Å²) in [6, 6.07) is 20.2. The highest BCUT2D eigenvalue weighted by Crippen LogP contribution is 2.33. The second-order valence-electron chi connectivity index (χ2n) is 10.5. The number of nitrogens with one attached hydrogen (secondary N) is 2. The van der Waals surface area contributed by atoms with E-state index in [1.54, 1.807) is 0 Å². The van der Waals surface area contributed by atoms with E-state index in [1.807, 2.05) is 26.2 Å². The predicted molar refractivity (Wildman–Crippen MR) is 153 cm³/mol. The van der Waals surface area contributed by atoms with Gasteiger partial charge in [0.05, 0.1) is 5.52 Å². The number of anilines is 2. The van der Waals surface area contributed by atoms with Crippen molar-refractivity contribution >= 4 is 33.4 Å². The monoisotopic (exact) mass is 481 g/mol. The molecule has 188 valence electrons. The highest BCUT2D eigenvalue weighted by atomic mass is 15.2. The van der Waals surface area contributed by atoms with E-state index in [-0.39, 0.29) is 7.43 Å². The first-order valence-electron chi connectivity index (χ1n) is 13.1. The minimum absolute atomic E-state index is 0. The van der Waals surface area contributed by atoms with Crippen molar-refractivity contribution in [2.75, 3.05) is 30.9 Å². The lowest BCUT2D eigenvalue weighted by Gasteiger charge is -2.29. The third-order valence-electron chi connectivity index (χ3n) is 7.90. The average molecular weight is 482 g/mol. The van der Waals surface area contributed by atoms with Crippen LogP contribution in [0, 0.1) is 5.92 Å². The fourth-order valence-electron chi connectivity index (χ4n) is 6.03. The van der Waals surface area contributed by atoms with Crippen LogP contribution in [0.15, 0.2) is 54.6 Å². The molecule has 0 atom stereocenters. The number of fused-ring (bicyclic) bond motifs is 1. The Morgan fingerprint density at radius 1 is 0.833 bits per heavy atom. The molecule has 0 spiro atoms. The van der Waals surface area contributed by atoms with Gasteiger partial charge in [-0.1, -0.05) is 49.9 Å². The third kappa shape index (κ3) is 4.77. The normalized spacial score (nSPS) is 18.8. The number of aromatic nitrogens is 2. The lowest BCUT2D eigenvalue weighted by atomic mass is 9.86. The Balaban J connectivity index is 0.00000267. The molecule has 0 aliphatic heterocycles. The molecule has 1 heterocycles. The number of hydrogen-bond donors (Lipinski definition) is 2. The zero-order chi connectivity index (χ0) is 23.8. The van der Waals surface area contributed by atoms with Crippen LogP contribution in [0.5, 0.6) is 0 Å². The minimum atomic E-state index is 0. The van der Waals surface area contributed by atoms with Crippen molar-refractivity contribution in [3.8, 4) is 0 Å². The van der Waals surface area contributed by atoms with Crippen LogP contribution >= 0.6 is 0 Å². The Kier molecular flexibility index (Phi) is 7.10. The number of hydrogen-bond acceptors (Lipinski definition) is 5. The SMILES string of the molecule is C.CN(C)c1nc(NC2CCC(CNCc3ccc4c5c(cccc35)CC4)CC2)nc2ccccc12. The second-order valence-corrected chi connectivity index (χ2v) is 10.5. The molecule has 5 nitrogen and oxygen atoms in total. The lowest BCUT2D eigenvalue weighted by molar-refractivity contribution is 0.324. The van der Waals surface area contributed by atoms with Gasteiger partial charge in [0, 0.05) is 32.1 Å². The molecule has 1 saturated carbocycles. The molecule has 0 amide bonds. The molecular formula is C31H39N5. The van der Waals surface area contributed by atoms with Crippen molar-refractivity contribution in [1.29, 1.82) is 0 Å². The van der Waals surface area contributed by atoms with Gasteiger partial charge in [0.2, 0.25) is 5.95 Å². The first-order valence-corrected chi connectivity index (χ1v) is 13.1. The molecule has 2 N–H and O–H groups in total. The van der Waals surface area contributed by atoms with E-state index >= 15 is 0 Å². The van der Waals surface area contributed by atoms with Crippen molar-refractivity contribution < 1.29 is 0 Å². The maximum Gasteiger partial charge on any atom is 0.225 e. The first-order chi connectivity index (χ1) is 17.2. The molecule has 3 aromatic carbocycles. The van der Waals surface area contributed by atoms with E-state index in [4.69, 9.17) is 9.97 Å². The number of aryl methyl sites for hydroxylation is 2. The first kappa shape index (κ1) is 24.5. The van der Waals surface area contributed by atoms with E-state index < -0.39 is 0 Å². The summed E-state index contributed by atoms with van der Waals surface area (Å²) in [6.07, 6.45) is 7.20. The summed E-state index contributed by atoms with van der Waals surface area (Å²) in [5, 5.41) is 11.5. The number of benzene rings is 3. The molecule has 0 radical (unpaired) electrons. The summed E-state index contributed by atoms with van der Waals surface area (Å²) in [6.45, 7) is 2.05. The maximum absolute atomic E-state index is 4.83. The minimum Gasteiger partial charge on any atom is -0.362 e. The van der Waals surface area contributed by atoms with Crippen LogP contribution in [-0.4, -0.2) is 36.6 Å². The predicted octanol–water partition coefficient (Wildman–Crippen LogP) is 6.34. The van der Waals surface area contributed by atoms with Gasteiger partial charge >= 0.3 is 0 Å². The van der Waals surface area contributed by atoms with Crippen LogP contribution in [-0.2, 0) is 19.4 Å². The van der Waals surface area contributed by atoms with Crippen LogP contribution in [0.2, 0.25) is 0 Å². The van der Waals surface area contributed by atoms with E-state index in [2.05, 4.69) is 58.0 Å². The van der Waals surface area contributed by atoms with E-state index in [9.17, 15) is 0 Å². The largest absolute Gasteiger partial charge is 0.362 e. The molecule has 0 unspecified atom stereocenters. The Hall–Kier alpha value is -3.18. The number of nitrogens with zero attached hydrogens (tertiary/aromatic N) is 3. The summed E-state index contributed by atoms with van der Waals surface area (Å²) in [7, 11) is 4.08. The zero-order valence-electron chi connectivity index (χ0n) is 20.8. The fourth-order valence-corrected chi connectivity index (χ4v) is 6.03. The quantitative estimate of drug-likeness (QED) is 0.322. The molecule has 4 aromatic rings. The standard InChI is InChI=1S/C30H35N5.CH4/c1-35(2)29-26-7-3-4-9-27(26)33-30(34-29)32-24-16-10-20(11-17-24)18-31-19-23-15-14-22-13-12-21-6-5-8-25(23)28(21)22;/h3-9,14-15,20,24,31H,10-13,16-19H2,1-2H3,(H,32,33,34);1H4. The van der Waals surface area contributed by atoms with Crippen LogP contribution < -0.4 is 15.5 Å². The van der Waals surface area contributed by atoms with Gasteiger partial charge in [0.25, 0.3) is 0 Å². The maximum atomic E-state index is 4.83. The van der Waals surface area contributed by atoms with Gasteiger partial charge in [-0.05, 0) is 90.6 Å². The number of rotatable bonds is 7. The van der Waals surface area contributed by atoms with E-state index in [0.717, 1.165) is 41.7 Å². The molecule has 36 heavy (non-hydrogen) atoms. The van der Waals surface area contributed by atoms with Gasteiger partial charge in [-0.2, -0.15) is 4.98 Å². The fraction of sp³-hybridized carbons (Fsp3) is 0.419. The van der Waals surface area contributed by atoms with Gasteiger partial charge in [-0.25, -0.2) is 4.98 Å². The number of para-hydroxylation sites is 1. The molecule has 5 heteroatoms. The van der Waals surface area contributed by atoms with Crippen LogP contribution in [0.3, 0.4) is 0 Å². The van der Waals surface area contributed by atoms with Crippen molar-refractivity contribution in [3.05, 3.63) is 71.3 Å². The Labute approximate surface area is 215 Å². The molecule has 2 aliphatic rings. The molecule has 0 bridgehead atoms. The zero-order valence-corrected chi connectivity index (χ0v) is 20.8. The Bertz CT molecular complexity index is 1340. The summed E-state index contributed by atoms with van der Waals surface area (Å²) in [5.74, 6) is 2.46. The smallest absolute Gasteiger partial charge is 0.225 e. The summed E-state index contributed by atoms with van der Waals surface area (Å²) in [4.78, 5) is 11.7.